The van der Waals surface area contributed by atoms with Gasteiger partial charge in [-0.25, -0.2) is 4.39 Å². The SMILES string of the molecule is C.C.CCOC=O.C[C@@H]1OC(=O)C2CC3CCCCC3[C@@H](/C=C/c3ccc(-c4cccc(F)c4)cn3)[C@H]21. The third-order valence-corrected chi connectivity index (χ3v) is 7.74. The lowest BCUT2D eigenvalue weighted by Gasteiger charge is -2.45. The van der Waals surface area contributed by atoms with E-state index < -0.39 is 0 Å². The maximum atomic E-state index is 13.5. The van der Waals surface area contributed by atoms with Crippen LogP contribution in [-0.2, 0) is 19.1 Å². The summed E-state index contributed by atoms with van der Waals surface area (Å²) in [5, 5.41) is 0. The Bertz CT molecular complexity index is 1040. The first-order valence-corrected chi connectivity index (χ1v) is 12.7. The summed E-state index contributed by atoms with van der Waals surface area (Å²) in [4.78, 5) is 26.2. The summed E-state index contributed by atoms with van der Waals surface area (Å²) in [5.41, 5.74) is 2.62. The second-order valence-electron chi connectivity index (χ2n) is 9.74. The van der Waals surface area contributed by atoms with Gasteiger partial charge in [0.1, 0.15) is 11.9 Å². The molecule has 0 spiro atoms. The standard InChI is InChI=1S/C26H28FNO2.C3H6O2.2CH4/c1-16-25-23(22-8-3-2-5-18(22)14-24(25)26(29)30-16)12-11-21-10-9-19(15-28-21)17-6-4-7-20(27)13-17;1-2-5-3-4;;/h4,6-7,9-13,15-16,18,22-25H,2-3,5,8,14H2,1H3;3H,2H2,1H3;2*1H4/b12-11+;;;/t16-,18?,22?,23+,24?,25+;;;/m0.../s1. The van der Waals surface area contributed by atoms with Crippen LogP contribution in [0.5, 0.6) is 0 Å². The molecule has 3 aliphatic rings. The van der Waals surface area contributed by atoms with Crippen molar-refractivity contribution in [2.45, 2.75) is 66.9 Å². The van der Waals surface area contributed by atoms with Gasteiger partial charge in [-0.2, -0.15) is 0 Å². The molecular formula is C31H42FNO4. The van der Waals surface area contributed by atoms with E-state index in [1.165, 1.54) is 37.8 Å². The topological polar surface area (TPSA) is 65.5 Å². The molecule has 6 atom stereocenters. The molecule has 0 N–H and O–H groups in total. The smallest absolute Gasteiger partial charge is 0.309 e. The van der Waals surface area contributed by atoms with Crippen molar-refractivity contribution in [3.05, 3.63) is 60.2 Å². The summed E-state index contributed by atoms with van der Waals surface area (Å²) in [6.45, 7) is 4.72. The van der Waals surface area contributed by atoms with E-state index in [-0.39, 0.29) is 44.6 Å². The van der Waals surface area contributed by atoms with Crippen molar-refractivity contribution in [1.29, 1.82) is 0 Å². The van der Waals surface area contributed by atoms with Crippen molar-refractivity contribution < 1.29 is 23.5 Å². The second kappa shape index (κ2) is 14.1. The molecule has 37 heavy (non-hydrogen) atoms. The number of aromatic nitrogens is 1. The molecule has 5 nitrogen and oxygen atoms in total. The highest BCUT2D eigenvalue weighted by Gasteiger charge is 2.53. The van der Waals surface area contributed by atoms with Crippen molar-refractivity contribution in [3.63, 3.8) is 0 Å². The predicted octanol–water partition coefficient (Wildman–Crippen LogP) is 7.36. The Morgan fingerprint density at radius 3 is 2.57 bits per heavy atom. The van der Waals surface area contributed by atoms with Gasteiger partial charge in [0.25, 0.3) is 6.47 Å². The molecule has 2 aromatic rings. The normalized spacial score (nSPS) is 27.8. The molecule has 202 valence electrons. The molecule has 0 amide bonds. The van der Waals surface area contributed by atoms with Gasteiger partial charge in [0, 0.05) is 17.7 Å². The van der Waals surface area contributed by atoms with Crippen LogP contribution in [-0.4, -0.2) is 30.1 Å². The molecule has 3 unspecified atom stereocenters. The van der Waals surface area contributed by atoms with Gasteiger partial charge in [-0.1, -0.05) is 58.4 Å². The van der Waals surface area contributed by atoms with E-state index in [2.05, 4.69) is 28.8 Å². The molecule has 2 aliphatic carbocycles. The van der Waals surface area contributed by atoms with E-state index in [1.54, 1.807) is 19.2 Å². The van der Waals surface area contributed by atoms with Crippen molar-refractivity contribution in [1.82, 2.24) is 4.98 Å². The summed E-state index contributed by atoms with van der Waals surface area (Å²) in [6, 6.07) is 10.5. The van der Waals surface area contributed by atoms with Gasteiger partial charge in [-0.15, -0.1) is 0 Å². The first kappa shape index (κ1) is 30.2. The lowest BCUT2D eigenvalue weighted by Crippen LogP contribution is -2.42. The van der Waals surface area contributed by atoms with Gasteiger partial charge in [0.2, 0.25) is 0 Å². The number of fused-ring (bicyclic) bond motifs is 2. The fourth-order valence-corrected chi connectivity index (χ4v) is 6.21. The molecule has 6 heteroatoms. The van der Waals surface area contributed by atoms with Gasteiger partial charge in [-0.05, 0) is 74.3 Å². The number of esters is 1. The molecule has 3 fully saturated rings. The van der Waals surface area contributed by atoms with Crippen LogP contribution in [0.25, 0.3) is 17.2 Å². The molecule has 1 saturated heterocycles. The van der Waals surface area contributed by atoms with E-state index in [0.717, 1.165) is 23.2 Å². The molecule has 1 aromatic heterocycles. The molecule has 2 heterocycles. The monoisotopic (exact) mass is 511 g/mol. The molecule has 5 rings (SSSR count). The number of nitrogens with zero attached hydrogens (tertiary/aromatic N) is 1. The average molecular weight is 512 g/mol. The zero-order valence-corrected chi connectivity index (χ0v) is 20.4. The van der Waals surface area contributed by atoms with Crippen LogP contribution in [0.3, 0.4) is 0 Å². The third-order valence-electron chi connectivity index (χ3n) is 7.74. The zero-order valence-electron chi connectivity index (χ0n) is 20.4. The number of allylic oxidation sites excluding steroid dienone is 1. The number of carbonyl (C=O) groups excluding carboxylic acids is 2. The van der Waals surface area contributed by atoms with Crippen LogP contribution in [0.15, 0.2) is 48.7 Å². The second-order valence-corrected chi connectivity index (χ2v) is 9.74. The predicted molar refractivity (Wildman–Crippen MR) is 146 cm³/mol. The summed E-state index contributed by atoms with van der Waals surface area (Å²) in [6.07, 6.45) is 12.2. The number of hydrogen-bond donors (Lipinski definition) is 0. The Hall–Kier alpha value is -3.02. The largest absolute Gasteiger partial charge is 0.468 e. The van der Waals surface area contributed by atoms with Crippen molar-refractivity contribution >= 4 is 18.5 Å². The minimum Gasteiger partial charge on any atom is -0.468 e. The fourth-order valence-electron chi connectivity index (χ4n) is 6.21. The van der Waals surface area contributed by atoms with Crippen LogP contribution in [0.1, 0.15) is 66.5 Å². The number of cyclic esters (lactones) is 1. The van der Waals surface area contributed by atoms with E-state index in [0.29, 0.717) is 30.8 Å². The first-order valence-electron chi connectivity index (χ1n) is 12.7. The van der Waals surface area contributed by atoms with Gasteiger partial charge in [-0.3, -0.25) is 14.6 Å². The van der Waals surface area contributed by atoms with E-state index in [9.17, 15) is 14.0 Å². The molecule has 1 aliphatic heterocycles. The highest BCUT2D eigenvalue weighted by molar-refractivity contribution is 5.75. The molecule has 0 bridgehead atoms. The van der Waals surface area contributed by atoms with E-state index >= 15 is 0 Å². The third kappa shape index (κ3) is 7.06. The van der Waals surface area contributed by atoms with Gasteiger partial charge >= 0.3 is 5.97 Å². The van der Waals surface area contributed by atoms with Crippen LogP contribution in [0.2, 0.25) is 0 Å². The van der Waals surface area contributed by atoms with Crippen molar-refractivity contribution in [2.24, 2.45) is 29.6 Å². The maximum absolute atomic E-state index is 13.5. The number of halogens is 1. The van der Waals surface area contributed by atoms with E-state index in [4.69, 9.17) is 4.74 Å². The van der Waals surface area contributed by atoms with Gasteiger partial charge < -0.3 is 9.47 Å². The van der Waals surface area contributed by atoms with Crippen LogP contribution >= 0.6 is 0 Å². The minimum atomic E-state index is -0.243. The summed E-state index contributed by atoms with van der Waals surface area (Å²) >= 11 is 0. The van der Waals surface area contributed by atoms with Crippen LogP contribution in [0.4, 0.5) is 4.39 Å². The molecular weight excluding hydrogens is 469 g/mol. The number of carbonyl (C=O) groups is 2. The quantitative estimate of drug-likeness (QED) is 0.310. The summed E-state index contributed by atoms with van der Waals surface area (Å²) < 4.78 is 23.3. The Morgan fingerprint density at radius 2 is 1.92 bits per heavy atom. The first-order chi connectivity index (χ1) is 17.0. The van der Waals surface area contributed by atoms with Crippen molar-refractivity contribution in [2.75, 3.05) is 6.61 Å². The average Bonchev–Trinajstić information content (AvgIpc) is 3.16. The maximum Gasteiger partial charge on any atom is 0.309 e. The van der Waals surface area contributed by atoms with Gasteiger partial charge in [0.15, 0.2) is 0 Å². The summed E-state index contributed by atoms with van der Waals surface area (Å²) in [7, 11) is 0. The Balaban J connectivity index is 0.000000631. The Kier molecular flexibility index (Phi) is 11.5. The minimum absolute atomic E-state index is 0. The highest BCUT2D eigenvalue weighted by Crippen LogP contribution is 2.53. The molecule has 0 radical (unpaired) electrons. The fraction of sp³-hybridized carbons (Fsp3) is 0.516. The number of rotatable bonds is 5. The number of hydrogen-bond acceptors (Lipinski definition) is 5. The Labute approximate surface area is 221 Å². The van der Waals surface area contributed by atoms with E-state index in [1.807, 2.05) is 18.2 Å². The summed E-state index contributed by atoms with van der Waals surface area (Å²) in [5.74, 6) is 1.73. The lowest BCUT2D eigenvalue weighted by atomic mass is 9.57. The lowest BCUT2D eigenvalue weighted by molar-refractivity contribution is -0.144. The highest BCUT2D eigenvalue weighted by atomic mass is 19.1. The zero-order chi connectivity index (χ0) is 24.8. The number of ether oxygens (including phenoxy) is 2. The van der Waals surface area contributed by atoms with Crippen LogP contribution < -0.4 is 0 Å². The Morgan fingerprint density at radius 1 is 1.14 bits per heavy atom. The molecule has 2 saturated carbocycles. The van der Waals surface area contributed by atoms with Gasteiger partial charge in [0.05, 0.1) is 18.2 Å². The van der Waals surface area contributed by atoms with Crippen molar-refractivity contribution in [3.8, 4) is 11.1 Å². The molecule has 1 aromatic carbocycles. The number of benzene rings is 1. The number of pyridine rings is 1. The van der Waals surface area contributed by atoms with Crippen LogP contribution in [0, 0.1) is 35.4 Å².